The number of rotatable bonds is 3. The van der Waals surface area contributed by atoms with Gasteiger partial charge in [-0.2, -0.15) is 0 Å². The lowest BCUT2D eigenvalue weighted by Crippen LogP contribution is -2.32. The van der Waals surface area contributed by atoms with Crippen LogP contribution in [0.4, 0.5) is 5.69 Å². The fraction of sp³-hybridized carbons (Fsp3) is 0.400. The molecule has 1 aromatic carbocycles. The van der Waals surface area contributed by atoms with Crippen LogP contribution in [-0.4, -0.2) is 25.7 Å². The SMILES string of the molecule is Nc1c(C(=O)NCC2CCOCC2)sc2cc(Br)ccc12. The minimum Gasteiger partial charge on any atom is -0.397 e. The minimum atomic E-state index is -0.0729. The third kappa shape index (κ3) is 3.22. The summed E-state index contributed by atoms with van der Waals surface area (Å²) in [4.78, 5) is 12.9. The van der Waals surface area contributed by atoms with E-state index in [4.69, 9.17) is 10.5 Å². The molecule has 0 spiro atoms. The van der Waals surface area contributed by atoms with E-state index in [0.717, 1.165) is 40.6 Å². The van der Waals surface area contributed by atoms with Crippen molar-refractivity contribution in [2.24, 2.45) is 5.92 Å². The highest BCUT2D eigenvalue weighted by atomic mass is 79.9. The third-order valence-electron chi connectivity index (χ3n) is 3.79. The number of fused-ring (bicyclic) bond motifs is 1. The van der Waals surface area contributed by atoms with Gasteiger partial charge in [-0.25, -0.2) is 0 Å². The summed E-state index contributed by atoms with van der Waals surface area (Å²) in [7, 11) is 0. The molecule has 6 heteroatoms. The number of hydrogen-bond donors (Lipinski definition) is 2. The van der Waals surface area contributed by atoms with Crippen LogP contribution in [0.25, 0.3) is 10.1 Å². The molecule has 1 amide bonds. The summed E-state index contributed by atoms with van der Waals surface area (Å²) in [6.07, 6.45) is 2.02. The van der Waals surface area contributed by atoms with Gasteiger partial charge in [-0.3, -0.25) is 4.79 Å². The standard InChI is InChI=1S/C15H17BrN2O2S/c16-10-1-2-11-12(7-10)21-14(13(11)17)15(19)18-8-9-3-5-20-6-4-9/h1-2,7,9H,3-6,8,17H2,(H,18,19). The number of halogens is 1. The Bertz CT molecular complexity index is 665. The van der Waals surface area contributed by atoms with Gasteiger partial charge in [-0.15, -0.1) is 11.3 Å². The van der Waals surface area contributed by atoms with Gasteiger partial charge in [0, 0.05) is 34.3 Å². The maximum absolute atomic E-state index is 12.3. The molecule has 0 bridgehead atoms. The molecular formula is C15H17BrN2O2S. The number of carbonyl (C=O) groups excluding carboxylic acids is 1. The lowest BCUT2D eigenvalue weighted by molar-refractivity contribution is 0.0643. The Kier molecular flexibility index (Phi) is 4.47. The largest absolute Gasteiger partial charge is 0.397 e. The van der Waals surface area contributed by atoms with Crippen LogP contribution in [0, 0.1) is 5.92 Å². The average Bonchev–Trinajstić information content (AvgIpc) is 2.82. The van der Waals surface area contributed by atoms with Crippen molar-refractivity contribution in [3.63, 3.8) is 0 Å². The van der Waals surface area contributed by atoms with Crippen LogP contribution in [0.15, 0.2) is 22.7 Å². The van der Waals surface area contributed by atoms with Crippen molar-refractivity contribution in [2.45, 2.75) is 12.8 Å². The van der Waals surface area contributed by atoms with E-state index < -0.39 is 0 Å². The first-order valence-corrected chi connectivity index (χ1v) is 8.59. The Morgan fingerprint density at radius 1 is 1.43 bits per heavy atom. The summed E-state index contributed by atoms with van der Waals surface area (Å²) >= 11 is 4.88. The van der Waals surface area contributed by atoms with E-state index >= 15 is 0 Å². The summed E-state index contributed by atoms with van der Waals surface area (Å²) in [5, 5.41) is 3.95. The monoisotopic (exact) mass is 368 g/mol. The van der Waals surface area contributed by atoms with Gasteiger partial charge in [0.25, 0.3) is 5.91 Å². The number of benzene rings is 1. The highest BCUT2D eigenvalue weighted by Gasteiger charge is 2.19. The molecule has 112 valence electrons. The number of carbonyl (C=O) groups is 1. The molecule has 0 atom stereocenters. The highest BCUT2D eigenvalue weighted by Crippen LogP contribution is 2.35. The molecule has 1 fully saturated rings. The Hall–Kier alpha value is -1.11. The lowest BCUT2D eigenvalue weighted by Gasteiger charge is -2.22. The van der Waals surface area contributed by atoms with Crippen molar-refractivity contribution in [2.75, 3.05) is 25.5 Å². The zero-order valence-corrected chi connectivity index (χ0v) is 13.9. The molecule has 2 aromatic rings. The van der Waals surface area contributed by atoms with Crippen LogP contribution in [0.5, 0.6) is 0 Å². The van der Waals surface area contributed by atoms with Crippen molar-refractivity contribution in [3.8, 4) is 0 Å². The second-order valence-corrected chi connectivity index (χ2v) is 7.22. The van der Waals surface area contributed by atoms with Crippen LogP contribution in [-0.2, 0) is 4.74 Å². The van der Waals surface area contributed by atoms with Gasteiger partial charge < -0.3 is 15.8 Å². The Labute approximate surface area is 135 Å². The summed E-state index contributed by atoms with van der Waals surface area (Å²) in [5.74, 6) is 0.434. The van der Waals surface area contributed by atoms with Crippen molar-refractivity contribution >= 4 is 48.9 Å². The van der Waals surface area contributed by atoms with Crippen molar-refractivity contribution in [1.82, 2.24) is 5.32 Å². The van der Waals surface area contributed by atoms with Crippen LogP contribution in [0.1, 0.15) is 22.5 Å². The number of ether oxygens (including phenoxy) is 1. The van der Waals surface area contributed by atoms with Gasteiger partial charge in [0.05, 0.1) is 5.69 Å². The lowest BCUT2D eigenvalue weighted by atomic mass is 10.0. The summed E-state index contributed by atoms with van der Waals surface area (Å²) in [5.41, 5.74) is 6.69. The Morgan fingerprint density at radius 2 is 2.19 bits per heavy atom. The predicted molar refractivity (Wildman–Crippen MR) is 89.8 cm³/mol. The zero-order chi connectivity index (χ0) is 14.8. The van der Waals surface area contributed by atoms with Gasteiger partial charge >= 0.3 is 0 Å². The third-order valence-corrected chi connectivity index (χ3v) is 5.45. The molecule has 1 aliphatic rings. The number of nitrogen functional groups attached to an aromatic ring is 1. The molecule has 21 heavy (non-hydrogen) atoms. The quantitative estimate of drug-likeness (QED) is 0.872. The molecular weight excluding hydrogens is 352 g/mol. The first-order chi connectivity index (χ1) is 10.1. The maximum Gasteiger partial charge on any atom is 0.263 e. The zero-order valence-electron chi connectivity index (χ0n) is 11.5. The molecule has 0 unspecified atom stereocenters. The first-order valence-electron chi connectivity index (χ1n) is 6.98. The molecule has 0 radical (unpaired) electrons. The van der Waals surface area contributed by atoms with Crippen LogP contribution in [0.3, 0.4) is 0 Å². The fourth-order valence-corrected chi connectivity index (χ4v) is 4.12. The second-order valence-electron chi connectivity index (χ2n) is 5.25. The maximum atomic E-state index is 12.3. The highest BCUT2D eigenvalue weighted by molar-refractivity contribution is 9.10. The minimum absolute atomic E-state index is 0.0729. The van der Waals surface area contributed by atoms with E-state index in [1.54, 1.807) is 0 Å². The van der Waals surface area contributed by atoms with Crippen LogP contribution in [0.2, 0.25) is 0 Å². The molecule has 2 heterocycles. The van der Waals surface area contributed by atoms with E-state index in [9.17, 15) is 4.79 Å². The first kappa shape index (κ1) is 14.8. The number of hydrogen-bond acceptors (Lipinski definition) is 4. The van der Waals surface area contributed by atoms with Gasteiger partial charge in [-0.05, 0) is 30.9 Å². The Balaban J connectivity index is 1.73. The van der Waals surface area contributed by atoms with E-state index in [1.165, 1.54) is 11.3 Å². The van der Waals surface area contributed by atoms with E-state index in [1.807, 2.05) is 18.2 Å². The number of amides is 1. The van der Waals surface area contributed by atoms with Crippen molar-refractivity contribution < 1.29 is 9.53 Å². The van der Waals surface area contributed by atoms with Crippen LogP contribution >= 0.6 is 27.3 Å². The number of thiophene rings is 1. The smallest absolute Gasteiger partial charge is 0.263 e. The molecule has 3 rings (SSSR count). The molecule has 1 saturated heterocycles. The van der Waals surface area contributed by atoms with Crippen LogP contribution < -0.4 is 11.1 Å². The molecule has 3 N–H and O–H groups in total. The number of anilines is 1. The van der Waals surface area contributed by atoms with E-state index in [-0.39, 0.29) is 5.91 Å². The Morgan fingerprint density at radius 3 is 2.95 bits per heavy atom. The van der Waals surface area contributed by atoms with Gasteiger partial charge in [0.2, 0.25) is 0 Å². The summed E-state index contributed by atoms with van der Waals surface area (Å²) in [6, 6.07) is 5.88. The predicted octanol–water partition coefficient (Wildman–Crippen LogP) is 3.40. The van der Waals surface area contributed by atoms with E-state index in [0.29, 0.717) is 23.0 Å². The summed E-state index contributed by atoms with van der Waals surface area (Å²) in [6.45, 7) is 2.28. The molecule has 4 nitrogen and oxygen atoms in total. The normalized spacial score (nSPS) is 16.2. The van der Waals surface area contributed by atoms with Gasteiger partial charge in [-0.1, -0.05) is 22.0 Å². The summed E-state index contributed by atoms with van der Waals surface area (Å²) < 4.78 is 7.34. The van der Waals surface area contributed by atoms with E-state index in [2.05, 4.69) is 21.2 Å². The fourth-order valence-electron chi connectivity index (χ4n) is 2.53. The van der Waals surface area contributed by atoms with Crippen molar-refractivity contribution in [3.05, 3.63) is 27.5 Å². The molecule has 0 saturated carbocycles. The average molecular weight is 369 g/mol. The van der Waals surface area contributed by atoms with Gasteiger partial charge in [0.15, 0.2) is 0 Å². The molecule has 0 aliphatic carbocycles. The molecule has 1 aromatic heterocycles. The van der Waals surface area contributed by atoms with Crippen molar-refractivity contribution in [1.29, 1.82) is 0 Å². The number of nitrogens with two attached hydrogens (primary N) is 1. The number of nitrogens with one attached hydrogen (secondary N) is 1. The topological polar surface area (TPSA) is 64.4 Å². The van der Waals surface area contributed by atoms with Gasteiger partial charge in [0.1, 0.15) is 4.88 Å². The second kappa shape index (κ2) is 6.34. The molecule has 1 aliphatic heterocycles.